The van der Waals surface area contributed by atoms with Gasteiger partial charge in [0.05, 0.1) is 13.2 Å². The third kappa shape index (κ3) is 1.05. The summed E-state index contributed by atoms with van der Waals surface area (Å²) in [6, 6.07) is 6.38. The van der Waals surface area contributed by atoms with E-state index in [1.807, 2.05) is 0 Å². The van der Waals surface area contributed by atoms with E-state index in [0.717, 1.165) is 26.1 Å². The molecule has 0 unspecified atom stereocenters. The third-order valence-corrected chi connectivity index (χ3v) is 3.61. The van der Waals surface area contributed by atoms with Crippen LogP contribution < -0.4 is 0 Å². The topological polar surface area (TPSA) is 34.2 Å². The van der Waals surface area contributed by atoms with Crippen LogP contribution in [0.25, 0.3) is 10.9 Å². The number of ether oxygens (including phenoxy) is 2. The predicted octanol–water partition coefficient (Wildman–Crippen LogP) is 2.01. The first-order valence-corrected chi connectivity index (χ1v) is 5.72. The molecule has 3 nitrogen and oxygen atoms in total. The summed E-state index contributed by atoms with van der Waals surface area (Å²) in [5.41, 5.74) is 3.88. The van der Waals surface area contributed by atoms with Crippen molar-refractivity contribution in [1.29, 1.82) is 0 Å². The Morgan fingerprint density at radius 2 is 1.88 bits per heavy atom. The van der Waals surface area contributed by atoms with Crippen LogP contribution in [0.2, 0.25) is 0 Å². The average Bonchev–Trinajstić information content (AvgIpc) is 2.89. The highest BCUT2D eigenvalue weighted by Gasteiger charge is 2.40. The minimum atomic E-state index is -0.385. The van der Waals surface area contributed by atoms with Crippen LogP contribution >= 0.6 is 0 Å². The van der Waals surface area contributed by atoms with Crippen LogP contribution in [-0.4, -0.2) is 24.0 Å². The smallest absolute Gasteiger partial charge is 0.176 e. The van der Waals surface area contributed by atoms with E-state index in [2.05, 4.69) is 29.4 Å². The molecule has 16 heavy (non-hydrogen) atoms. The van der Waals surface area contributed by atoms with Crippen molar-refractivity contribution in [3.05, 3.63) is 35.5 Å². The molecule has 1 aliphatic carbocycles. The summed E-state index contributed by atoms with van der Waals surface area (Å²) in [7, 11) is 0. The molecule has 1 spiro atoms. The van der Waals surface area contributed by atoms with Crippen LogP contribution in [0.5, 0.6) is 0 Å². The molecule has 82 valence electrons. The zero-order valence-electron chi connectivity index (χ0n) is 8.95. The fourth-order valence-corrected chi connectivity index (χ4v) is 2.97. The summed E-state index contributed by atoms with van der Waals surface area (Å²) in [5, 5.41) is 1.37. The lowest BCUT2D eigenvalue weighted by atomic mass is 9.88. The molecule has 1 aromatic heterocycles. The number of H-pyrrole nitrogens is 1. The Morgan fingerprint density at radius 3 is 2.75 bits per heavy atom. The molecule has 1 aliphatic heterocycles. The van der Waals surface area contributed by atoms with Gasteiger partial charge < -0.3 is 14.5 Å². The number of rotatable bonds is 0. The van der Waals surface area contributed by atoms with Gasteiger partial charge in [-0.3, -0.25) is 0 Å². The van der Waals surface area contributed by atoms with E-state index >= 15 is 0 Å². The van der Waals surface area contributed by atoms with Gasteiger partial charge in [0.2, 0.25) is 0 Å². The molecule has 2 aliphatic rings. The maximum Gasteiger partial charge on any atom is 0.176 e. The van der Waals surface area contributed by atoms with Crippen molar-refractivity contribution in [2.24, 2.45) is 0 Å². The Balaban J connectivity index is 1.93. The maximum atomic E-state index is 5.80. The highest BCUT2D eigenvalue weighted by Crippen LogP contribution is 2.38. The van der Waals surface area contributed by atoms with Crippen LogP contribution in [0.3, 0.4) is 0 Å². The quantitative estimate of drug-likeness (QED) is 0.729. The number of benzene rings is 1. The number of hydrogen-bond donors (Lipinski definition) is 1. The molecule has 2 aromatic rings. The lowest BCUT2D eigenvalue weighted by Gasteiger charge is -2.31. The third-order valence-electron chi connectivity index (χ3n) is 3.61. The SMILES string of the molecule is c1cc2c3c(c[nH]c3c1)CC1(C2)OCCO1. The van der Waals surface area contributed by atoms with Crippen molar-refractivity contribution in [1.82, 2.24) is 4.98 Å². The molecule has 3 heteroatoms. The molecule has 0 saturated carbocycles. The van der Waals surface area contributed by atoms with E-state index in [-0.39, 0.29) is 5.79 Å². The minimum Gasteiger partial charge on any atom is -0.361 e. The summed E-state index contributed by atoms with van der Waals surface area (Å²) in [4.78, 5) is 3.32. The van der Waals surface area contributed by atoms with Crippen molar-refractivity contribution in [2.75, 3.05) is 13.2 Å². The first-order chi connectivity index (χ1) is 7.86. The van der Waals surface area contributed by atoms with Crippen molar-refractivity contribution in [2.45, 2.75) is 18.6 Å². The zero-order chi connectivity index (χ0) is 10.6. The molecule has 1 saturated heterocycles. The zero-order valence-corrected chi connectivity index (χ0v) is 8.95. The number of hydrogen-bond acceptors (Lipinski definition) is 2. The second-order valence-corrected chi connectivity index (χ2v) is 4.61. The summed E-state index contributed by atoms with van der Waals surface area (Å²) >= 11 is 0. The Kier molecular flexibility index (Phi) is 1.58. The second-order valence-electron chi connectivity index (χ2n) is 4.61. The summed E-state index contributed by atoms with van der Waals surface area (Å²) in [6.07, 6.45) is 3.82. The van der Waals surface area contributed by atoms with E-state index < -0.39 is 0 Å². The molecule has 0 atom stereocenters. The largest absolute Gasteiger partial charge is 0.361 e. The van der Waals surface area contributed by atoms with Gasteiger partial charge in [-0.25, -0.2) is 0 Å². The molecule has 1 N–H and O–H groups in total. The molecular weight excluding hydrogens is 202 g/mol. The molecule has 1 fully saturated rings. The van der Waals surface area contributed by atoms with E-state index in [9.17, 15) is 0 Å². The normalized spacial score (nSPS) is 22.0. The molecule has 0 bridgehead atoms. The van der Waals surface area contributed by atoms with Gasteiger partial charge in [-0.1, -0.05) is 12.1 Å². The Hall–Kier alpha value is -1.32. The van der Waals surface area contributed by atoms with Gasteiger partial charge in [-0.15, -0.1) is 0 Å². The van der Waals surface area contributed by atoms with Crippen molar-refractivity contribution in [3.8, 4) is 0 Å². The first kappa shape index (κ1) is 8.79. The van der Waals surface area contributed by atoms with Gasteiger partial charge in [-0.05, 0) is 17.2 Å². The fraction of sp³-hybridized carbons (Fsp3) is 0.385. The van der Waals surface area contributed by atoms with E-state index in [0.29, 0.717) is 0 Å². The molecule has 4 rings (SSSR count). The van der Waals surface area contributed by atoms with Gasteiger partial charge in [0.25, 0.3) is 0 Å². The van der Waals surface area contributed by atoms with E-state index in [4.69, 9.17) is 9.47 Å². The van der Waals surface area contributed by atoms with Gasteiger partial charge in [0.15, 0.2) is 5.79 Å². The number of nitrogens with one attached hydrogen (secondary N) is 1. The molecule has 0 radical (unpaired) electrons. The standard InChI is InChI=1S/C13H13NO2/c1-2-9-6-13(15-4-5-16-13)7-10-8-14-11(3-1)12(9)10/h1-3,8,14H,4-7H2. The summed E-state index contributed by atoms with van der Waals surface area (Å²) in [6.45, 7) is 1.44. The van der Waals surface area contributed by atoms with Gasteiger partial charge >= 0.3 is 0 Å². The molecule has 1 aromatic carbocycles. The number of aromatic nitrogens is 1. The van der Waals surface area contributed by atoms with Crippen LogP contribution in [0.1, 0.15) is 11.1 Å². The van der Waals surface area contributed by atoms with E-state index in [1.54, 1.807) is 0 Å². The molecule has 0 amide bonds. The van der Waals surface area contributed by atoms with Crippen LogP contribution in [0, 0.1) is 0 Å². The minimum absolute atomic E-state index is 0.385. The fourth-order valence-electron chi connectivity index (χ4n) is 2.97. The second kappa shape index (κ2) is 2.87. The Morgan fingerprint density at radius 1 is 1.06 bits per heavy atom. The predicted molar refractivity (Wildman–Crippen MR) is 60.3 cm³/mol. The lowest BCUT2D eigenvalue weighted by molar-refractivity contribution is -0.155. The van der Waals surface area contributed by atoms with Crippen molar-refractivity contribution in [3.63, 3.8) is 0 Å². The van der Waals surface area contributed by atoms with Gasteiger partial charge in [0.1, 0.15) is 0 Å². The average molecular weight is 215 g/mol. The van der Waals surface area contributed by atoms with Crippen LogP contribution in [0.4, 0.5) is 0 Å². The van der Waals surface area contributed by atoms with Crippen molar-refractivity contribution >= 4 is 10.9 Å². The highest BCUT2D eigenvalue weighted by molar-refractivity contribution is 5.87. The van der Waals surface area contributed by atoms with Crippen LogP contribution in [0.15, 0.2) is 24.4 Å². The summed E-state index contributed by atoms with van der Waals surface area (Å²) < 4.78 is 11.6. The highest BCUT2D eigenvalue weighted by atomic mass is 16.7. The number of aromatic amines is 1. The van der Waals surface area contributed by atoms with E-state index in [1.165, 1.54) is 22.0 Å². The molecule has 2 heterocycles. The van der Waals surface area contributed by atoms with Crippen LogP contribution in [-0.2, 0) is 22.3 Å². The molecular formula is C13H13NO2. The monoisotopic (exact) mass is 215 g/mol. The Labute approximate surface area is 93.4 Å². The maximum absolute atomic E-state index is 5.80. The first-order valence-electron chi connectivity index (χ1n) is 5.72. The van der Waals surface area contributed by atoms with Gasteiger partial charge in [0, 0.05) is 29.9 Å². The Bertz CT molecular complexity index is 552. The van der Waals surface area contributed by atoms with Crippen molar-refractivity contribution < 1.29 is 9.47 Å². The summed E-state index contributed by atoms with van der Waals surface area (Å²) in [5.74, 6) is -0.385. The lowest BCUT2D eigenvalue weighted by Crippen LogP contribution is -2.37. The van der Waals surface area contributed by atoms with Gasteiger partial charge in [-0.2, -0.15) is 0 Å².